The van der Waals surface area contributed by atoms with Crippen LogP contribution in [0.4, 0.5) is 35.1 Å². The number of ketones is 2. The van der Waals surface area contributed by atoms with Crippen LogP contribution in [0.5, 0.6) is 28.7 Å². The molecule has 0 amide bonds. The van der Waals surface area contributed by atoms with Crippen molar-refractivity contribution in [1.29, 1.82) is 0 Å². The van der Waals surface area contributed by atoms with Crippen LogP contribution in [0.2, 0.25) is 0 Å². The second-order valence-corrected chi connectivity index (χ2v) is 43.5. The second-order valence-electron chi connectivity index (χ2n) is 27.2. The van der Waals surface area contributed by atoms with Gasteiger partial charge in [-0.2, -0.15) is 8.42 Å². The van der Waals surface area contributed by atoms with E-state index in [9.17, 15) is 101 Å². The van der Waals surface area contributed by atoms with Gasteiger partial charge in [0.2, 0.25) is 11.6 Å². The van der Waals surface area contributed by atoms with Gasteiger partial charge < -0.3 is 55.2 Å². The molecule has 33 nitrogen and oxygen atoms in total. The Morgan fingerprint density at radius 2 is 0.731 bits per heavy atom. The topological polar surface area (TPSA) is 534 Å². The lowest BCUT2D eigenvalue weighted by atomic mass is 10.2. The summed E-state index contributed by atoms with van der Waals surface area (Å²) in [5, 5.41) is 100. The normalized spacial score (nSPS) is 18.3. The van der Waals surface area contributed by atoms with Crippen molar-refractivity contribution in [2.45, 2.75) is 46.0 Å². The molecule has 12 heterocycles. The summed E-state index contributed by atoms with van der Waals surface area (Å²) < 4.78 is 159. The Balaban J connectivity index is 0.000000127. The zero-order valence-electron chi connectivity index (χ0n) is 66.0. The van der Waals surface area contributed by atoms with Crippen molar-refractivity contribution in [3.63, 3.8) is 0 Å². The van der Waals surface area contributed by atoms with Crippen LogP contribution >= 0.6 is 149 Å². The number of aliphatic hydroxyl groups excluding tert-OH is 2. The number of halogens is 9. The average Bonchev–Trinajstić information content (AvgIpc) is 1.09. The summed E-state index contributed by atoms with van der Waals surface area (Å²) in [4.78, 5) is 115. The van der Waals surface area contributed by atoms with Crippen molar-refractivity contribution >= 4 is 297 Å². The second kappa shape index (κ2) is 42.2. The number of carbonyl (C=O) groups is 6. The zero-order valence-corrected chi connectivity index (χ0v) is 78.2. The number of rotatable bonds is 16. The van der Waals surface area contributed by atoms with Crippen molar-refractivity contribution in [3.05, 3.63) is 190 Å². The Labute approximate surface area is 798 Å². The molecule has 56 heteroatoms. The number of benzene rings is 7. The maximum atomic E-state index is 13.9. The van der Waals surface area contributed by atoms with Gasteiger partial charge in [-0.3, -0.25) is 39.5 Å². The number of thiazole rings is 6. The number of aliphatic carboxylic acids is 4. The van der Waals surface area contributed by atoms with Gasteiger partial charge in [-0.15, -0.1) is 139 Å². The van der Waals surface area contributed by atoms with Gasteiger partial charge in [0, 0.05) is 81.6 Å². The monoisotopic (exact) mass is 2130 g/mol. The molecular formula is C78H51ClF8N12O21S14. The van der Waals surface area contributed by atoms with E-state index in [1.54, 1.807) is 59.5 Å². The Hall–Kier alpha value is -10.8. The number of thioether (sulfide) groups is 6. The summed E-state index contributed by atoms with van der Waals surface area (Å²) in [5.41, 5.74) is 3.58. The minimum atomic E-state index is -5.03. The van der Waals surface area contributed by atoms with Crippen LogP contribution in [-0.4, -0.2) is 247 Å². The van der Waals surface area contributed by atoms with Gasteiger partial charge in [0.25, 0.3) is 9.05 Å². The Morgan fingerprint density at radius 1 is 0.381 bits per heavy atom. The van der Waals surface area contributed by atoms with Crippen LogP contribution < -0.4 is 14.1 Å². The first-order valence-corrected chi connectivity index (χ1v) is 51.7. The van der Waals surface area contributed by atoms with Gasteiger partial charge in [-0.05, 0) is 66.7 Å². The SMILES string of the molecule is O=C(O)[C@H]1CSC(c2nc3cc(O)c(O)cc3s2)=N1.O=C(O)[C@H]1CSC(c2nc3ccc(O)cc3s2)=N1.O=C(O)[C@H]1CSC(c2nc3ccc(O)cc3s2)=N1.O=C(O)[C@H]1CSC(c2nc3ccc(OS(=O)(=O)c4cc(F)c(F)c(F)c4F)cc3s2)=N1.O=C1C=c2nc(C3=N[C@@H](CO)CS3)sc2=CC1=O.O=S(=O)(Cl)c1cc(F)c(F)c(F)c1F.OC[C@H]1CSC(c2nc3ccccc3s2)=N1. The maximum Gasteiger partial charge on any atom is 0.342 e. The standard InChI is InChI=1S/C17H8F4N2O5S3.C11H8N2O4S2.3C11H8N2O3S2.C11H10N2OS2.C6HClF4O2S/c18-7-4-11(13(20)14(21)12(7)19)31(26,27)28-6-1-2-8-10(3-6)30-16(22-8)15-23-9(5-29-15)17(24)25;14-6-1-4-8(2-7(6)15)19-10(12-4)9-13-5(3-18-9)11(16)17;14-3-5-4-17-10(12-5)11-13-6-1-7(15)8(16)2-9(6)18-11;2*14-5-1-2-6-8(3-5)18-10(12-6)9-13-7(4-17-9)11(15)16;14-5-7-6-15-10(12-7)11-13-8-3-1-2-4-9(8)16-11;7-14(12,13)3-1-2(8)4(9)6(11)5(3)10/h1-4,9H,5H2,(H,24,25);1-2,5,14-15H,3H2,(H,16,17);1-2,5,14H,3-4H2;2*1-3,7,14H,4H2,(H,15,16);1-4,7,14H,5-6H2;1H/t9-;2*5-;3*7-;/m110110./s1. The fourth-order valence-corrected chi connectivity index (χ4v) is 25.9. The highest BCUT2D eigenvalue weighted by atomic mass is 35.7. The number of Topliss-reactive ketones (excluding diaryl/α,β-unsaturated/α-hetero) is 2. The third kappa shape index (κ3) is 23.3. The minimum Gasteiger partial charge on any atom is -0.508 e. The number of aromatic hydroxyl groups is 4. The summed E-state index contributed by atoms with van der Waals surface area (Å²) in [6, 6.07) is 21.6. The number of hydrogen-bond acceptors (Lipinski definition) is 41. The first-order valence-electron chi connectivity index (χ1n) is 37.2. The molecule has 1 aliphatic carbocycles. The lowest BCUT2D eigenvalue weighted by Gasteiger charge is -2.09. The fraction of sp³-hybridized carbons (Fsp3) is 0.179. The van der Waals surface area contributed by atoms with Gasteiger partial charge in [0.1, 0.15) is 87.3 Å². The van der Waals surface area contributed by atoms with E-state index in [0.717, 1.165) is 63.9 Å². The molecule has 10 N–H and O–H groups in total. The molecule has 134 heavy (non-hydrogen) atoms. The van der Waals surface area contributed by atoms with Crippen LogP contribution in [0, 0.1) is 46.5 Å². The molecule has 7 aromatic carbocycles. The van der Waals surface area contributed by atoms with Crippen molar-refractivity contribution in [3.8, 4) is 28.7 Å². The van der Waals surface area contributed by atoms with Crippen LogP contribution in [0.1, 0.15) is 30.0 Å². The zero-order chi connectivity index (χ0) is 96.2. The number of aliphatic imine (C=N–C) groups is 6. The number of hydrogen-bond donors (Lipinski definition) is 10. The molecule has 0 radical (unpaired) electrons. The first kappa shape index (κ1) is 99.2. The molecule has 0 unspecified atom stereocenters. The molecule has 0 bridgehead atoms. The Morgan fingerprint density at radius 3 is 1.14 bits per heavy atom. The molecule has 6 aromatic heterocycles. The van der Waals surface area contributed by atoms with E-state index in [4.69, 9.17) is 34.8 Å². The number of carbonyl (C=O) groups excluding carboxylic acids is 2. The van der Waals surface area contributed by atoms with Crippen LogP contribution in [-0.2, 0) is 47.9 Å². The number of aliphatic hydroxyl groups is 2. The third-order valence-electron chi connectivity index (χ3n) is 17.9. The summed E-state index contributed by atoms with van der Waals surface area (Å²) in [5.74, 6) is -18.7. The summed E-state index contributed by atoms with van der Waals surface area (Å²) in [6.45, 7) is 0.151. The molecule has 6 atom stereocenters. The Bertz CT molecular complexity index is 7340. The average molecular weight is 2130 g/mol. The Kier molecular flexibility index (Phi) is 31.3. The molecule has 0 fully saturated rings. The fourth-order valence-electron chi connectivity index (χ4n) is 11.4. The molecule has 13 aromatic rings. The van der Waals surface area contributed by atoms with Crippen molar-refractivity contribution in [2.75, 3.05) is 47.7 Å². The van der Waals surface area contributed by atoms with Gasteiger partial charge in [-0.1, -0.05) is 12.1 Å². The summed E-state index contributed by atoms with van der Waals surface area (Å²) in [6.07, 6.45) is 2.59. The largest absolute Gasteiger partial charge is 0.508 e. The number of nitrogens with zero attached hydrogens (tertiary/aromatic N) is 12. The van der Waals surface area contributed by atoms with E-state index in [1.807, 2.05) is 18.2 Å². The number of phenols is 4. The smallest absolute Gasteiger partial charge is 0.342 e. The summed E-state index contributed by atoms with van der Waals surface area (Å²) >= 11 is 16.8. The first-order chi connectivity index (χ1) is 63.6. The van der Waals surface area contributed by atoms with Crippen molar-refractivity contribution in [2.24, 2.45) is 30.0 Å². The highest BCUT2D eigenvalue weighted by molar-refractivity contribution is 8.16. The van der Waals surface area contributed by atoms with Gasteiger partial charge in [0.15, 0.2) is 82.2 Å². The van der Waals surface area contributed by atoms with E-state index in [2.05, 4.69) is 76.6 Å². The summed E-state index contributed by atoms with van der Waals surface area (Å²) in [7, 11) is -5.04. The highest BCUT2D eigenvalue weighted by Gasteiger charge is 2.35. The lowest BCUT2D eigenvalue weighted by molar-refractivity contribution is -0.138. The van der Waals surface area contributed by atoms with Gasteiger partial charge in [0.05, 0.1) is 86.3 Å². The molecule has 0 saturated carbocycles. The van der Waals surface area contributed by atoms with E-state index in [-0.39, 0.29) is 71.9 Å². The quantitative estimate of drug-likeness (QED) is 0.00817. The highest BCUT2D eigenvalue weighted by Crippen LogP contribution is 2.40. The van der Waals surface area contributed by atoms with Crippen LogP contribution in [0.15, 0.2) is 143 Å². The number of fused-ring (bicyclic) bond motifs is 6. The predicted octanol–water partition coefficient (Wildman–Crippen LogP) is 12.1. The van der Waals surface area contributed by atoms with Gasteiger partial charge >= 0.3 is 34.0 Å². The van der Waals surface area contributed by atoms with E-state index in [0.29, 0.717) is 92.8 Å². The molecule has 696 valence electrons. The number of aromatic nitrogens is 6. The van der Waals surface area contributed by atoms with Crippen LogP contribution in [0.3, 0.4) is 0 Å². The van der Waals surface area contributed by atoms with Gasteiger partial charge in [-0.25, -0.2) is 92.6 Å². The third-order valence-corrected chi connectivity index (χ3v) is 33.9. The van der Waals surface area contributed by atoms with E-state index >= 15 is 0 Å². The maximum absolute atomic E-state index is 13.9. The van der Waals surface area contributed by atoms with E-state index in [1.165, 1.54) is 151 Å². The van der Waals surface area contributed by atoms with E-state index < -0.39 is 135 Å². The number of carboxylic acids is 4. The van der Waals surface area contributed by atoms with Crippen molar-refractivity contribution < 1.29 is 136 Å². The number of para-hydroxylation sites is 1. The van der Waals surface area contributed by atoms with Crippen molar-refractivity contribution in [1.82, 2.24) is 29.9 Å². The molecule has 0 saturated heterocycles. The molecular weight excluding hydrogens is 2080 g/mol. The molecule has 7 aliphatic rings. The number of phenolic OH excluding ortho intramolecular Hbond substituents is 4. The molecule has 6 aliphatic heterocycles. The lowest BCUT2D eigenvalue weighted by Crippen LogP contribution is -2.31. The molecule has 20 rings (SSSR count). The minimum absolute atomic E-state index is 0.0132. The predicted molar refractivity (Wildman–Crippen MR) is 500 cm³/mol. The van der Waals surface area contributed by atoms with Crippen LogP contribution in [0.25, 0.3) is 63.2 Å². The number of carboxylic acid groups (broad SMARTS) is 4. The molecule has 0 spiro atoms.